The maximum absolute atomic E-state index is 11.9. The average molecular weight is 374 g/mol. The van der Waals surface area contributed by atoms with Gasteiger partial charge >= 0.3 is 0 Å². The number of halogens is 1. The van der Waals surface area contributed by atoms with Crippen LogP contribution in [0.4, 0.5) is 17.2 Å². The molecule has 0 saturated carbocycles. The summed E-state index contributed by atoms with van der Waals surface area (Å²) in [6.45, 7) is 0. The zero-order valence-electron chi connectivity index (χ0n) is 11.4. The predicted octanol–water partition coefficient (Wildman–Crippen LogP) is 4.90. The highest BCUT2D eigenvalue weighted by atomic mass is 79.9. The smallest absolute Gasteiger partial charge is 0.266 e. The van der Waals surface area contributed by atoms with E-state index in [-0.39, 0.29) is 5.91 Å². The van der Waals surface area contributed by atoms with Crippen molar-refractivity contribution >= 4 is 50.4 Å². The minimum Gasteiger partial charge on any atom is -0.353 e. The van der Waals surface area contributed by atoms with E-state index in [1.54, 1.807) is 18.3 Å². The molecule has 6 heteroatoms. The number of thiophene rings is 1. The molecule has 4 nitrogen and oxygen atoms in total. The van der Waals surface area contributed by atoms with Gasteiger partial charge in [-0.05, 0) is 51.6 Å². The van der Waals surface area contributed by atoms with E-state index >= 15 is 0 Å². The number of rotatable bonds is 4. The van der Waals surface area contributed by atoms with Crippen molar-refractivity contribution in [1.82, 2.24) is 4.98 Å². The molecule has 0 fully saturated rings. The molecule has 0 bridgehead atoms. The van der Waals surface area contributed by atoms with Crippen LogP contribution in [0.15, 0.2) is 64.6 Å². The number of anilines is 3. The SMILES string of the molecule is O=C(Nc1ccc(Nc2ccccc2Br)cn1)c1cccs1. The summed E-state index contributed by atoms with van der Waals surface area (Å²) in [4.78, 5) is 16.8. The summed E-state index contributed by atoms with van der Waals surface area (Å²) in [7, 11) is 0. The molecule has 0 aliphatic carbocycles. The van der Waals surface area contributed by atoms with Crippen molar-refractivity contribution in [2.24, 2.45) is 0 Å². The van der Waals surface area contributed by atoms with Crippen LogP contribution in [0.25, 0.3) is 0 Å². The first kappa shape index (κ1) is 14.7. The Balaban J connectivity index is 1.68. The van der Waals surface area contributed by atoms with Crippen LogP contribution in [-0.2, 0) is 0 Å². The van der Waals surface area contributed by atoms with Gasteiger partial charge in [0.15, 0.2) is 0 Å². The molecule has 3 rings (SSSR count). The first-order valence-electron chi connectivity index (χ1n) is 6.55. The Morgan fingerprint density at radius 1 is 1.09 bits per heavy atom. The topological polar surface area (TPSA) is 54.0 Å². The number of amides is 1. The third kappa shape index (κ3) is 3.52. The molecule has 0 spiro atoms. The fourth-order valence-corrected chi connectivity index (χ4v) is 2.85. The molecule has 0 saturated heterocycles. The lowest BCUT2D eigenvalue weighted by atomic mass is 10.3. The van der Waals surface area contributed by atoms with Crippen molar-refractivity contribution in [1.29, 1.82) is 0 Å². The Bertz CT molecular complexity index is 772. The van der Waals surface area contributed by atoms with E-state index < -0.39 is 0 Å². The molecule has 0 unspecified atom stereocenters. The summed E-state index contributed by atoms with van der Waals surface area (Å²) in [6, 6.07) is 15.1. The van der Waals surface area contributed by atoms with Crippen molar-refractivity contribution < 1.29 is 4.79 Å². The van der Waals surface area contributed by atoms with Crippen LogP contribution in [-0.4, -0.2) is 10.9 Å². The molecule has 3 aromatic rings. The first-order valence-corrected chi connectivity index (χ1v) is 8.22. The Kier molecular flexibility index (Phi) is 4.50. The number of hydrogen-bond acceptors (Lipinski definition) is 4. The quantitative estimate of drug-likeness (QED) is 0.683. The Hall–Kier alpha value is -2.18. The van der Waals surface area contributed by atoms with Crippen LogP contribution in [0.3, 0.4) is 0 Å². The summed E-state index contributed by atoms with van der Waals surface area (Å²) in [6.07, 6.45) is 1.68. The van der Waals surface area contributed by atoms with Gasteiger partial charge in [0.25, 0.3) is 5.91 Å². The number of hydrogen-bond donors (Lipinski definition) is 2. The number of aromatic nitrogens is 1. The molecule has 2 heterocycles. The second kappa shape index (κ2) is 6.72. The largest absolute Gasteiger partial charge is 0.353 e. The van der Waals surface area contributed by atoms with Gasteiger partial charge < -0.3 is 10.6 Å². The van der Waals surface area contributed by atoms with E-state index in [1.807, 2.05) is 41.8 Å². The average Bonchev–Trinajstić information content (AvgIpc) is 3.06. The van der Waals surface area contributed by atoms with Gasteiger partial charge in [-0.1, -0.05) is 18.2 Å². The van der Waals surface area contributed by atoms with Crippen molar-refractivity contribution in [3.05, 3.63) is 69.5 Å². The zero-order valence-corrected chi connectivity index (χ0v) is 13.8. The van der Waals surface area contributed by atoms with Crippen LogP contribution in [0, 0.1) is 0 Å². The molecule has 0 atom stereocenters. The number of para-hydroxylation sites is 1. The summed E-state index contributed by atoms with van der Waals surface area (Å²) >= 11 is 4.88. The van der Waals surface area contributed by atoms with Crippen molar-refractivity contribution in [2.45, 2.75) is 0 Å². The number of nitrogens with one attached hydrogen (secondary N) is 2. The number of carbonyl (C=O) groups excluding carboxylic acids is 1. The summed E-state index contributed by atoms with van der Waals surface area (Å²) in [5, 5.41) is 7.90. The van der Waals surface area contributed by atoms with E-state index in [2.05, 4.69) is 31.5 Å². The summed E-state index contributed by atoms with van der Waals surface area (Å²) in [5.41, 5.74) is 1.81. The highest BCUT2D eigenvalue weighted by molar-refractivity contribution is 9.10. The van der Waals surface area contributed by atoms with Crippen molar-refractivity contribution in [2.75, 3.05) is 10.6 Å². The van der Waals surface area contributed by atoms with Crippen molar-refractivity contribution in [3.63, 3.8) is 0 Å². The number of benzene rings is 1. The van der Waals surface area contributed by atoms with Crippen LogP contribution in [0.1, 0.15) is 9.67 Å². The Labute approximate surface area is 140 Å². The standard InChI is InChI=1S/C16H12BrN3OS/c17-12-4-1-2-5-13(12)19-11-7-8-15(18-10-11)20-16(21)14-6-3-9-22-14/h1-10,19H,(H,18,20,21). The maximum Gasteiger partial charge on any atom is 0.266 e. The molecule has 2 N–H and O–H groups in total. The predicted molar refractivity (Wildman–Crippen MR) is 93.9 cm³/mol. The molecular weight excluding hydrogens is 362 g/mol. The lowest BCUT2D eigenvalue weighted by Crippen LogP contribution is -2.11. The number of nitrogens with zero attached hydrogens (tertiary/aromatic N) is 1. The van der Waals surface area contributed by atoms with Gasteiger partial charge in [-0.3, -0.25) is 4.79 Å². The number of pyridine rings is 1. The fourth-order valence-electron chi connectivity index (χ4n) is 1.85. The minimum atomic E-state index is -0.144. The Morgan fingerprint density at radius 2 is 1.95 bits per heavy atom. The molecule has 0 radical (unpaired) electrons. The van der Waals surface area contributed by atoms with Crippen LogP contribution >= 0.6 is 27.3 Å². The third-order valence-corrected chi connectivity index (χ3v) is 4.46. The highest BCUT2D eigenvalue weighted by Gasteiger charge is 2.07. The first-order chi connectivity index (χ1) is 10.7. The van der Waals surface area contributed by atoms with Crippen LogP contribution < -0.4 is 10.6 Å². The molecule has 0 aliphatic heterocycles. The minimum absolute atomic E-state index is 0.144. The van der Waals surface area contributed by atoms with Gasteiger partial charge in [0.05, 0.1) is 22.4 Å². The van der Waals surface area contributed by atoms with E-state index in [9.17, 15) is 4.79 Å². The third-order valence-electron chi connectivity index (χ3n) is 2.90. The summed E-state index contributed by atoms with van der Waals surface area (Å²) in [5.74, 6) is 0.380. The zero-order chi connectivity index (χ0) is 15.4. The lowest BCUT2D eigenvalue weighted by Gasteiger charge is -2.09. The van der Waals surface area contributed by atoms with Crippen molar-refractivity contribution in [3.8, 4) is 0 Å². The van der Waals surface area contributed by atoms with E-state index in [0.717, 1.165) is 15.8 Å². The maximum atomic E-state index is 11.9. The van der Waals surface area contributed by atoms with Gasteiger partial charge in [0.1, 0.15) is 5.82 Å². The molecule has 110 valence electrons. The lowest BCUT2D eigenvalue weighted by molar-refractivity contribution is 0.103. The van der Waals surface area contributed by atoms with Gasteiger partial charge in [-0.25, -0.2) is 4.98 Å². The molecule has 1 amide bonds. The highest BCUT2D eigenvalue weighted by Crippen LogP contribution is 2.25. The fraction of sp³-hybridized carbons (Fsp3) is 0. The summed E-state index contributed by atoms with van der Waals surface area (Å²) < 4.78 is 0.977. The monoisotopic (exact) mass is 373 g/mol. The number of carbonyl (C=O) groups is 1. The van der Waals surface area contributed by atoms with Crippen LogP contribution in [0.5, 0.6) is 0 Å². The van der Waals surface area contributed by atoms with Gasteiger partial charge in [0.2, 0.25) is 0 Å². The van der Waals surface area contributed by atoms with Gasteiger partial charge in [0, 0.05) is 4.47 Å². The van der Waals surface area contributed by atoms with Gasteiger partial charge in [-0.2, -0.15) is 0 Å². The van der Waals surface area contributed by atoms with E-state index in [1.165, 1.54) is 11.3 Å². The second-order valence-corrected chi connectivity index (χ2v) is 6.27. The molecule has 0 aliphatic rings. The van der Waals surface area contributed by atoms with Crippen LogP contribution in [0.2, 0.25) is 0 Å². The van der Waals surface area contributed by atoms with Gasteiger partial charge in [-0.15, -0.1) is 11.3 Å². The van der Waals surface area contributed by atoms with E-state index in [4.69, 9.17) is 0 Å². The molecule has 1 aromatic carbocycles. The molecule has 22 heavy (non-hydrogen) atoms. The molecular formula is C16H12BrN3OS. The normalized spacial score (nSPS) is 10.2. The Morgan fingerprint density at radius 3 is 2.64 bits per heavy atom. The molecule has 2 aromatic heterocycles. The second-order valence-electron chi connectivity index (χ2n) is 4.47. The van der Waals surface area contributed by atoms with E-state index in [0.29, 0.717) is 10.7 Å².